The smallest absolute Gasteiger partial charge is 0.148 e. The van der Waals surface area contributed by atoms with Gasteiger partial charge < -0.3 is 9.47 Å². The molecule has 3 heteroatoms. The minimum absolute atomic E-state index is 0.0732. The third kappa shape index (κ3) is 1.52. The van der Waals surface area contributed by atoms with E-state index in [1.807, 2.05) is 13.8 Å². The average molecular weight is 172 g/mol. The number of hydrogen-bond donors (Lipinski definition) is 0. The summed E-state index contributed by atoms with van der Waals surface area (Å²) in [5.41, 5.74) is -0.330. The van der Waals surface area contributed by atoms with Gasteiger partial charge in [0.1, 0.15) is 5.78 Å². The summed E-state index contributed by atoms with van der Waals surface area (Å²) in [4.78, 5) is 11.7. The van der Waals surface area contributed by atoms with Crippen LogP contribution in [0.1, 0.15) is 13.8 Å². The van der Waals surface area contributed by atoms with Crippen LogP contribution in [-0.2, 0) is 14.3 Å². The number of hydrogen-bond acceptors (Lipinski definition) is 3. The molecule has 1 aliphatic rings. The van der Waals surface area contributed by atoms with Crippen LogP contribution in [0.4, 0.5) is 0 Å². The van der Waals surface area contributed by atoms with E-state index in [0.29, 0.717) is 19.8 Å². The highest BCUT2D eigenvalue weighted by Crippen LogP contribution is 2.31. The first-order valence-electron chi connectivity index (χ1n) is 4.23. The van der Waals surface area contributed by atoms with Gasteiger partial charge in [-0.15, -0.1) is 0 Å². The lowest BCUT2D eigenvalue weighted by Crippen LogP contribution is -2.53. The standard InChI is InChI=1S/C9H16O3/c1-7(2)8(10)9(4-11-3)5-12-6-9/h7H,4-6H2,1-3H3. The molecule has 0 bridgehead atoms. The molecule has 12 heavy (non-hydrogen) atoms. The summed E-state index contributed by atoms with van der Waals surface area (Å²) in [6, 6.07) is 0. The summed E-state index contributed by atoms with van der Waals surface area (Å²) in [6.07, 6.45) is 0. The first-order valence-corrected chi connectivity index (χ1v) is 4.23. The van der Waals surface area contributed by atoms with Crippen LogP contribution in [-0.4, -0.2) is 32.7 Å². The monoisotopic (exact) mass is 172 g/mol. The molecular weight excluding hydrogens is 156 g/mol. The fraction of sp³-hybridized carbons (Fsp3) is 0.889. The van der Waals surface area contributed by atoms with Crippen LogP contribution in [0.5, 0.6) is 0 Å². The van der Waals surface area contributed by atoms with Crippen LogP contribution in [0, 0.1) is 11.3 Å². The molecule has 3 nitrogen and oxygen atoms in total. The lowest BCUT2D eigenvalue weighted by molar-refractivity contribution is -0.173. The van der Waals surface area contributed by atoms with Crippen molar-refractivity contribution in [2.75, 3.05) is 26.9 Å². The SMILES string of the molecule is COCC1(C(=O)C(C)C)COC1. The summed E-state index contributed by atoms with van der Waals surface area (Å²) in [5.74, 6) is 0.333. The zero-order valence-electron chi connectivity index (χ0n) is 7.92. The summed E-state index contributed by atoms with van der Waals surface area (Å²) in [6.45, 7) is 5.37. The Balaban J connectivity index is 2.60. The number of ketones is 1. The van der Waals surface area contributed by atoms with E-state index >= 15 is 0 Å². The quantitative estimate of drug-likeness (QED) is 0.631. The van der Waals surface area contributed by atoms with Crippen LogP contribution in [0.2, 0.25) is 0 Å². The van der Waals surface area contributed by atoms with E-state index in [9.17, 15) is 4.79 Å². The molecule has 0 N–H and O–H groups in total. The second kappa shape index (κ2) is 3.54. The molecule has 1 heterocycles. The van der Waals surface area contributed by atoms with Crippen molar-refractivity contribution >= 4 is 5.78 Å². The van der Waals surface area contributed by atoms with Gasteiger partial charge in [0.25, 0.3) is 0 Å². The van der Waals surface area contributed by atoms with Gasteiger partial charge in [0.05, 0.1) is 25.2 Å². The first-order chi connectivity index (χ1) is 5.62. The molecule has 0 spiro atoms. The molecule has 70 valence electrons. The molecule has 1 fully saturated rings. The number of methoxy groups -OCH3 is 1. The summed E-state index contributed by atoms with van der Waals surface area (Å²) < 4.78 is 10.1. The van der Waals surface area contributed by atoms with Gasteiger partial charge in [-0.2, -0.15) is 0 Å². The summed E-state index contributed by atoms with van der Waals surface area (Å²) >= 11 is 0. The third-order valence-electron chi connectivity index (χ3n) is 2.22. The number of carbonyl (C=O) groups excluding carboxylic acids is 1. The molecular formula is C9H16O3. The highest BCUT2D eigenvalue weighted by atomic mass is 16.5. The van der Waals surface area contributed by atoms with Crippen molar-refractivity contribution in [1.29, 1.82) is 0 Å². The third-order valence-corrected chi connectivity index (χ3v) is 2.22. The molecule has 0 aromatic rings. The fourth-order valence-corrected chi connectivity index (χ4v) is 1.53. The van der Waals surface area contributed by atoms with Crippen molar-refractivity contribution in [3.63, 3.8) is 0 Å². The van der Waals surface area contributed by atoms with Crippen LogP contribution < -0.4 is 0 Å². The Kier molecular flexibility index (Phi) is 2.85. The molecule has 0 amide bonds. The predicted octanol–water partition coefficient (Wildman–Crippen LogP) is 0.875. The second-order valence-electron chi connectivity index (χ2n) is 3.73. The molecule has 0 saturated carbocycles. The highest BCUT2D eigenvalue weighted by Gasteiger charge is 2.46. The topological polar surface area (TPSA) is 35.5 Å². The van der Waals surface area contributed by atoms with Crippen LogP contribution >= 0.6 is 0 Å². The van der Waals surface area contributed by atoms with E-state index in [4.69, 9.17) is 9.47 Å². The van der Waals surface area contributed by atoms with Gasteiger partial charge in [-0.25, -0.2) is 0 Å². The largest absolute Gasteiger partial charge is 0.383 e. The molecule has 0 unspecified atom stereocenters. The second-order valence-corrected chi connectivity index (χ2v) is 3.73. The van der Waals surface area contributed by atoms with Crippen molar-refractivity contribution in [2.45, 2.75) is 13.8 Å². The Hall–Kier alpha value is -0.410. The van der Waals surface area contributed by atoms with Crippen LogP contribution in [0.25, 0.3) is 0 Å². The summed E-state index contributed by atoms with van der Waals surface area (Å²) in [7, 11) is 1.62. The zero-order chi connectivity index (χ0) is 9.19. The Bertz CT molecular complexity index is 171. The van der Waals surface area contributed by atoms with E-state index in [2.05, 4.69) is 0 Å². The molecule has 0 aromatic carbocycles. The Morgan fingerprint density at radius 3 is 2.42 bits per heavy atom. The molecule has 1 rings (SSSR count). The van der Waals surface area contributed by atoms with E-state index in [0.717, 1.165) is 0 Å². The lowest BCUT2D eigenvalue weighted by atomic mass is 9.78. The molecule has 0 atom stereocenters. The first kappa shape index (κ1) is 9.68. The predicted molar refractivity (Wildman–Crippen MR) is 45.0 cm³/mol. The maximum atomic E-state index is 11.7. The molecule has 0 radical (unpaired) electrons. The molecule has 0 aliphatic carbocycles. The van der Waals surface area contributed by atoms with Gasteiger partial charge in [0, 0.05) is 13.0 Å². The zero-order valence-corrected chi connectivity index (χ0v) is 7.92. The average Bonchev–Trinajstić information content (AvgIpc) is 1.95. The summed E-state index contributed by atoms with van der Waals surface area (Å²) in [5, 5.41) is 0. The van der Waals surface area contributed by atoms with Crippen molar-refractivity contribution in [3.8, 4) is 0 Å². The van der Waals surface area contributed by atoms with Crippen molar-refractivity contribution < 1.29 is 14.3 Å². The van der Waals surface area contributed by atoms with Gasteiger partial charge in [0.2, 0.25) is 0 Å². The number of Topliss-reactive ketones (excluding diaryl/α,β-unsaturated/α-hetero) is 1. The fourth-order valence-electron chi connectivity index (χ4n) is 1.53. The number of ether oxygens (including phenoxy) is 2. The van der Waals surface area contributed by atoms with Crippen molar-refractivity contribution in [2.24, 2.45) is 11.3 Å². The van der Waals surface area contributed by atoms with E-state index in [1.54, 1.807) is 7.11 Å². The minimum atomic E-state index is -0.330. The molecule has 1 aliphatic heterocycles. The van der Waals surface area contributed by atoms with Gasteiger partial charge in [-0.1, -0.05) is 13.8 Å². The van der Waals surface area contributed by atoms with Crippen LogP contribution in [0.3, 0.4) is 0 Å². The van der Waals surface area contributed by atoms with Crippen molar-refractivity contribution in [1.82, 2.24) is 0 Å². The Morgan fingerprint density at radius 1 is 1.58 bits per heavy atom. The van der Waals surface area contributed by atoms with E-state index in [-0.39, 0.29) is 17.1 Å². The lowest BCUT2D eigenvalue weighted by Gasteiger charge is -2.40. The van der Waals surface area contributed by atoms with Crippen LogP contribution in [0.15, 0.2) is 0 Å². The van der Waals surface area contributed by atoms with Gasteiger partial charge >= 0.3 is 0 Å². The Morgan fingerprint density at radius 2 is 2.17 bits per heavy atom. The minimum Gasteiger partial charge on any atom is -0.383 e. The van der Waals surface area contributed by atoms with E-state index in [1.165, 1.54) is 0 Å². The van der Waals surface area contributed by atoms with Gasteiger partial charge in [-0.3, -0.25) is 4.79 Å². The molecule has 0 aromatic heterocycles. The van der Waals surface area contributed by atoms with E-state index < -0.39 is 0 Å². The number of rotatable bonds is 4. The maximum absolute atomic E-state index is 11.7. The maximum Gasteiger partial charge on any atom is 0.148 e. The molecule has 1 saturated heterocycles. The normalized spacial score (nSPS) is 20.7. The van der Waals surface area contributed by atoms with Gasteiger partial charge in [0.15, 0.2) is 0 Å². The van der Waals surface area contributed by atoms with Crippen molar-refractivity contribution in [3.05, 3.63) is 0 Å². The Labute approximate surface area is 73.0 Å². The highest BCUT2D eigenvalue weighted by molar-refractivity contribution is 5.87. The number of carbonyl (C=O) groups is 1. The van der Waals surface area contributed by atoms with Gasteiger partial charge in [-0.05, 0) is 0 Å².